The summed E-state index contributed by atoms with van der Waals surface area (Å²) in [6.07, 6.45) is 0.934. The van der Waals surface area contributed by atoms with Gasteiger partial charge in [-0.3, -0.25) is 0 Å². The second-order valence-corrected chi connectivity index (χ2v) is 6.44. The second kappa shape index (κ2) is 6.55. The minimum absolute atomic E-state index is 0.0585. The standard InChI is InChI=1S/C15H24ClNO/c1-11(17-14(10-18)15(2,3)4)9-12-5-7-13(16)8-6-12/h5-8,11,14,17-18H,9-10H2,1-4H3/t11-,14-/m1/s1. The van der Waals surface area contributed by atoms with Gasteiger partial charge in [0.1, 0.15) is 0 Å². The summed E-state index contributed by atoms with van der Waals surface area (Å²) >= 11 is 5.87. The Hall–Kier alpha value is -0.570. The molecule has 2 nitrogen and oxygen atoms in total. The van der Waals surface area contributed by atoms with E-state index in [2.05, 4.69) is 33.0 Å². The van der Waals surface area contributed by atoms with Gasteiger partial charge in [0, 0.05) is 17.1 Å². The molecule has 1 aromatic rings. The van der Waals surface area contributed by atoms with Crippen LogP contribution in [0.4, 0.5) is 0 Å². The van der Waals surface area contributed by atoms with Crippen molar-refractivity contribution in [3.8, 4) is 0 Å². The van der Waals surface area contributed by atoms with Crippen LogP contribution in [0.3, 0.4) is 0 Å². The summed E-state index contributed by atoms with van der Waals surface area (Å²) in [6, 6.07) is 8.35. The van der Waals surface area contributed by atoms with Crippen LogP contribution in [0.15, 0.2) is 24.3 Å². The van der Waals surface area contributed by atoms with E-state index in [-0.39, 0.29) is 18.1 Å². The summed E-state index contributed by atoms with van der Waals surface area (Å²) in [7, 11) is 0. The topological polar surface area (TPSA) is 32.3 Å². The second-order valence-electron chi connectivity index (χ2n) is 6.00. The van der Waals surface area contributed by atoms with Crippen LogP contribution in [0.2, 0.25) is 5.02 Å². The molecule has 0 saturated carbocycles. The third kappa shape index (κ3) is 4.97. The molecule has 1 rings (SSSR count). The highest BCUT2D eigenvalue weighted by Gasteiger charge is 2.24. The van der Waals surface area contributed by atoms with Crippen molar-refractivity contribution in [2.75, 3.05) is 6.61 Å². The summed E-state index contributed by atoms with van der Waals surface area (Å²) in [4.78, 5) is 0. The number of hydrogen-bond acceptors (Lipinski definition) is 2. The summed E-state index contributed by atoms with van der Waals surface area (Å²) in [5, 5.41) is 13.7. The largest absolute Gasteiger partial charge is 0.395 e. The van der Waals surface area contributed by atoms with Gasteiger partial charge in [0.05, 0.1) is 6.61 Å². The van der Waals surface area contributed by atoms with Crippen molar-refractivity contribution < 1.29 is 5.11 Å². The van der Waals surface area contributed by atoms with Gasteiger partial charge in [-0.05, 0) is 36.5 Å². The molecule has 102 valence electrons. The van der Waals surface area contributed by atoms with Gasteiger partial charge >= 0.3 is 0 Å². The van der Waals surface area contributed by atoms with Gasteiger partial charge < -0.3 is 10.4 Å². The smallest absolute Gasteiger partial charge is 0.0589 e. The Bertz CT molecular complexity index is 356. The van der Waals surface area contributed by atoms with Crippen molar-refractivity contribution in [1.29, 1.82) is 0 Å². The molecule has 0 amide bonds. The molecule has 0 aromatic heterocycles. The lowest BCUT2D eigenvalue weighted by molar-refractivity contribution is 0.149. The van der Waals surface area contributed by atoms with Crippen molar-refractivity contribution in [1.82, 2.24) is 5.32 Å². The fourth-order valence-electron chi connectivity index (χ4n) is 1.95. The SMILES string of the molecule is C[C@H](Cc1ccc(Cl)cc1)N[C@H](CO)C(C)(C)C. The van der Waals surface area contributed by atoms with Crippen LogP contribution in [-0.2, 0) is 6.42 Å². The Kier molecular flexibility index (Phi) is 5.64. The van der Waals surface area contributed by atoms with E-state index in [1.807, 2.05) is 24.3 Å². The van der Waals surface area contributed by atoms with Crippen molar-refractivity contribution in [3.05, 3.63) is 34.9 Å². The first-order valence-corrected chi connectivity index (χ1v) is 6.82. The van der Waals surface area contributed by atoms with Gasteiger partial charge in [-0.15, -0.1) is 0 Å². The molecule has 0 bridgehead atoms. The van der Waals surface area contributed by atoms with Crippen molar-refractivity contribution in [3.63, 3.8) is 0 Å². The van der Waals surface area contributed by atoms with E-state index in [1.165, 1.54) is 5.56 Å². The van der Waals surface area contributed by atoms with Crippen LogP contribution >= 0.6 is 11.6 Å². The summed E-state index contributed by atoms with van der Waals surface area (Å²) < 4.78 is 0. The molecule has 0 aliphatic rings. The quantitative estimate of drug-likeness (QED) is 0.860. The monoisotopic (exact) mass is 269 g/mol. The molecule has 0 aliphatic carbocycles. The lowest BCUT2D eigenvalue weighted by atomic mass is 9.86. The highest BCUT2D eigenvalue weighted by atomic mass is 35.5. The lowest BCUT2D eigenvalue weighted by Crippen LogP contribution is -2.47. The summed E-state index contributed by atoms with van der Waals surface area (Å²) in [5.74, 6) is 0. The molecule has 0 aliphatic heterocycles. The minimum Gasteiger partial charge on any atom is -0.395 e. The van der Waals surface area contributed by atoms with Crippen LogP contribution in [0.1, 0.15) is 33.3 Å². The lowest BCUT2D eigenvalue weighted by Gasteiger charge is -2.32. The maximum Gasteiger partial charge on any atom is 0.0589 e. The molecule has 3 heteroatoms. The van der Waals surface area contributed by atoms with E-state index >= 15 is 0 Å². The molecule has 0 unspecified atom stereocenters. The van der Waals surface area contributed by atoms with Crippen LogP contribution in [0.25, 0.3) is 0 Å². The first-order valence-electron chi connectivity index (χ1n) is 6.44. The van der Waals surface area contributed by atoms with Crippen LogP contribution in [0, 0.1) is 5.41 Å². The number of rotatable bonds is 5. The molecule has 1 aromatic carbocycles. The normalized spacial score (nSPS) is 15.4. The fraction of sp³-hybridized carbons (Fsp3) is 0.600. The van der Waals surface area contributed by atoms with Gasteiger partial charge in [-0.25, -0.2) is 0 Å². The number of halogens is 1. The van der Waals surface area contributed by atoms with Gasteiger partial charge in [-0.2, -0.15) is 0 Å². The molecular weight excluding hydrogens is 246 g/mol. The van der Waals surface area contributed by atoms with E-state index in [1.54, 1.807) is 0 Å². The van der Waals surface area contributed by atoms with E-state index in [0.29, 0.717) is 6.04 Å². The molecule has 0 radical (unpaired) electrons. The van der Waals surface area contributed by atoms with Crippen molar-refractivity contribution in [2.24, 2.45) is 5.41 Å². The fourth-order valence-corrected chi connectivity index (χ4v) is 2.08. The maximum absolute atomic E-state index is 9.43. The predicted octanol–water partition coefficient (Wildman–Crippen LogP) is 3.27. The predicted molar refractivity (Wildman–Crippen MR) is 78.1 cm³/mol. The van der Waals surface area contributed by atoms with Crippen molar-refractivity contribution in [2.45, 2.75) is 46.2 Å². The Morgan fingerprint density at radius 2 is 1.78 bits per heavy atom. The number of nitrogens with one attached hydrogen (secondary N) is 1. The van der Waals surface area contributed by atoms with Gasteiger partial charge in [0.2, 0.25) is 0 Å². The highest BCUT2D eigenvalue weighted by Crippen LogP contribution is 2.20. The molecule has 0 fully saturated rings. The number of aliphatic hydroxyl groups excluding tert-OH is 1. The van der Waals surface area contributed by atoms with E-state index in [9.17, 15) is 5.11 Å². The Balaban J connectivity index is 2.55. The zero-order valence-corrected chi connectivity index (χ0v) is 12.5. The first kappa shape index (κ1) is 15.5. The summed E-state index contributed by atoms with van der Waals surface area (Å²) in [5.41, 5.74) is 1.31. The Labute approximate surface area is 115 Å². The zero-order valence-electron chi connectivity index (χ0n) is 11.7. The van der Waals surface area contributed by atoms with E-state index in [0.717, 1.165) is 11.4 Å². The molecule has 0 heterocycles. The van der Waals surface area contributed by atoms with Crippen LogP contribution in [-0.4, -0.2) is 23.8 Å². The maximum atomic E-state index is 9.43. The number of benzene rings is 1. The first-order chi connectivity index (χ1) is 8.32. The number of hydrogen-bond donors (Lipinski definition) is 2. The van der Waals surface area contributed by atoms with Gasteiger partial charge in [0.25, 0.3) is 0 Å². The molecule has 18 heavy (non-hydrogen) atoms. The molecule has 0 spiro atoms. The molecule has 0 saturated heterocycles. The van der Waals surface area contributed by atoms with Gasteiger partial charge in [0.15, 0.2) is 0 Å². The molecule has 2 atom stereocenters. The average molecular weight is 270 g/mol. The third-order valence-corrected chi connectivity index (χ3v) is 3.42. The summed E-state index contributed by atoms with van der Waals surface area (Å²) in [6.45, 7) is 8.71. The highest BCUT2D eigenvalue weighted by molar-refractivity contribution is 6.30. The van der Waals surface area contributed by atoms with Gasteiger partial charge in [-0.1, -0.05) is 44.5 Å². The Morgan fingerprint density at radius 1 is 1.22 bits per heavy atom. The molecule has 2 N–H and O–H groups in total. The average Bonchev–Trinajstić information content (AvgIpc) is 2.27. The molecular formula is C15H24ClNO. The number of aliphatic hydroxyl groups is 1. The minimum atomic E-state index is 0.0585. The van der Waals surface area contributed by atoms with Crippen LogP contribution in [0.5, 0.6) is 0 Å². The Morgan fingerprint density at radius 3 is 2.22 bits per heavy atom. The zero-order chi connectivity index (χ0) is 13.8. The van der Waals surface area contributed by atoms with Crippen LogP contribution < -0.4 is 5.32 Å². The van der Waals surface area contributed by atoms with Crippen molar-refractivity contribution >= 4 is 11.6 Å². The van der Waals surface area contributed by atoms with E-state index in [4.69, 9.17) is 11.6 Å². The third-order valence-electron chi connectivity index (χ3n) is 3.17. The van der Waals surface area contributed by atoms with E-state index < -0.39 is 0 Å².